The Morgan fingerprint density at radius 3 is 1.70 bits per heavy atom. The summed E-state index contributed by atoms with van der Waals surface area (Å²) in [5.74, 6) is -0.696. The molecular formula is C29H21N5O8S2. The van der Waals surface area contributed by atoms with Gasteiger partial charge >= 0.3 is 0 Å². The minimum Gasteiger partial charge on any atom is -0.505 e. The summed E-state index contributed by atoms with van der Waals surface area (Å²) >= 11 is 0. The van der Waals surface area contributed by atoms with Gasteiger partial charge in [-0.1, -0.05) is 18.2 Å². The highest BCUT2D eigenvalue weighted by atomic mass is 32.2. The van der Waals surface area contributed by atoms with Crippen LogP contribution in [0.4, 0.5) is 28.4 Å². The van der Waals surface area contributed by atoms with Crippen LogP contribution in [0.15, 0.2) is 133 Å². The lowest BCUT2D eigenvalue weighted by Crippen LogP contribution is -2.11. The van der Waals surface area contributed by atoms with Crippen LogP contribution < -0.4 is 5.32 Å². The molecule has 13 nitrogen and oxygen atoms in total. The van der Waals surface area contributed by atoms with Crippen molar-refractivity contribution in [3.8, 4) is 5.75 Å². The zero-order valence-corrected chi connectivity index (χ0v) is 23.9. The van der Waals surface area contributed by atoms with Crippen LogP contribution in [0, 0.1) is 0 Å². The highest BCUT2D eigenvalue weighted by molar-refractivity contribution is 7.86. The number of hydrogen-bond donors (Lipinski definition) is 4. The Kier molecular flexibility index (Phi) is 8.28. The predicted molar refractivity (Wildman–Crippen MR) is 161 cm³/mol. The molecule has 0 radical (unpaired) electrons. The zero-order chi connectivity index (χ0) is 31.5. The van der Waals surface area contributed by atoms with Crippen molar-refractivity contribution in [2.75, 3.05) is 5.32 Å². The van der Waals surface area contributed by atoms with Gasteiger partial charge in [-0.05, 0) is 84.9 Å². The fourth-order valence-corrected chi connectivity index (χ4v) is 5.20. The number of carbonyl (C=O) groups excluding carboxylic acids is 1. The molecule has 44 heavy (non-hydrogen) atoms. The van der Waals surface area contributed by atoms with Crippen molar-refractivity contribution in [2.24, 2.45) is 20.5 Å². The standard InChI is InChI=1S/C29H21N5O8S2/c35-28-25-2-1-3-27(44(40,41)42)24(25)16-17-26(28)34-33-20-6-4-18(5-7-20)29(36)30-19-8-10-21(11-9-19)31-32-22-12-14-23(15-13-22)43(37,38)39/h1-17,35H,(H,30,36)(H,37,38,39)(H,40,41,42). The van der Waals surface area contributed by atoms with E-state index in [1.807, 2.05) is 0 Å². The number of benzene rings is 5. The van der Waals surface area contributed by atoms with Crippen molar-refractivity contribution >= 4 is 65.4 Å². The number of nitrogens with one attached hydrogen (secondary N) is 1. The van der Waals surface area contributed by atoms with Crippen molar-refractivity contribution in [1.29, 1.82) is 0 Å². The number of amides is 1. The molecule has 15 heteroatoms. The fraction of sp³-hybridized carbons (Fsp3) is 0. The molecule has 0 atom stereocenters. The van der Waals surface area contributed by atoms with E-state index in [1.54, 1.807) is 36.4 Å². The number of carbonyl (C=O) groups is 1. The first-order chi connectivity index (χ1) is 20.9. The van der Waals surface area contributed by atoms with Crippen LogP contribution in [0.25, 0.3) is 10.8 Å². The van der Waals surface area contributed by atoms with E-state index in [1.165, 1.54) is 66.7 Å². The van der Waals surface area contributed by atoms with Crippen molar-refractivity contribution in [3.05, 3.63) is 109 Å². The predicted octanol–water partition coefficient (Wildman–Crippen LogP) is 7.12. The van der Waals surface area contributed by atoms with E-state index in [4.69, 9.17) is 4.55 Å². The minimum absolute atomic E-state index is 0.0739. The average Bonchev–Trinajstić information content (AvgIpc) is 3.00. The second-order valence-corrected chi connectivity index (χ2v) is 12.0. The van der Waals surface area contributed by atoms with Crippen molar-refractivity contribution in [3.63, 3.8) is 0 Å². The number of nitrogens with zero attached hydrogens (tertiary/aromatic N) is 4. The van der Waals surface area contributed by atoms with E-state index >= 15 is 0 Å². The Hall–Kier alpha value is -5.35. The van der Waals surface area contributed by atoms with Gasteiger partial charge in [0.1, 0.15) is 10.6 Å². The lowest BCUT2D eigenvalue weighted by Gasteiger charge is -2.07. The highest BCUT2D eigenvalue weighted by Gasteiger charge is 2.17. The summed E-state index contributed by atoms with van der Waals surface area (Å²) in [6, 6.07) is 24.8. The molecule has 0 aromatic heterocycles. The molecule has 222 valence electrons. The molecular weight excluding hydrogens is 610 g/mol. The van der Waals surface area contributed by atoms with Gasteiger partial charge in [0.05, 0.1) is 22.0 Å². The summed E-state index contributed by atoms with van der Waals surface area (Å²) in [6.07, 6.45) is 0. The van der Waals surface area contributed by atoms with Crippen LogP contribution >= 0.6 is 0 Å². The highest BCUT2D eigenvalue weighted by Crippen LogP contribution is 2.38. The van der Waals surface area contributed by atoms with E-state index < -0.39 is 20.2 Å². The topological polar surface area (TPSA) is 208 Å². The lowest BCUT2D eigenvalue weighted by atomic mass is 10.1. The Morgan fingerprint density at radius 1 is 0.591 bits per heavy atom. The average molecular weight is 632 g/mol. The summed E-state index contributed by atoms with van der Waals surface area (Å²) in [7, 11) is -8.78. The Balaban J connectivity index is 1.22. The maximum absolute atomic E-state index is 12.7. The smallest absolute Gasteiger partial charge is 0.295 e. The first-order valence-electron chi connectivity index (χ1n) is 12.5. The molecule has 5 aromatic rings. The number of anilines is 1. The van der Waals surface area contributed by atoms with Crippen molar-refractivity contribution in [1.82, 2.24) is 0 Å². The van der Waals surface area contributed by atoms with Gasteiger partial charge in [-0.25, -0.2) is 0 Å². The summed E-state index contributed by atoms with van der Waals surface area (Å²) in [6.45, 7) is 0. The van der Waals surface area contributed by atoms with E-state index in [9.17, 15) is 31.3 Å². The third-order valence-electron chi connectivity index (χ3n) is 6.19. The first-order valence-corrected chi connectivity index (χ1v) is 15.4. The second kappa shape index (κ2) is 12.1. The van der Waals surface area contributed by atoms with Crippen LogP contribution in [-0.2, 0) is 20.2 Å². The first kappa shape index (κ1) is 30.1. The molecule has 0 spiro atoms. The summed E-state index contributed by atoms with van der Waals surface area (Å²) in [5.41, 5.74) is 2.15. The van der Waals surface area contributed by atoms with E-state index in [0.717, 1.165) is 0 Å². The Labute approximate surface area is 250 Å². The van der Waals surface area contributed by atoms with Gasteiger partial charge in [0.2, 0.25) is 0 Å². The van der Waals surface area contributed by atoms with E-state index in [2.05, 4.69) is 25.8 Å². The van der Waals surface area contributed by atoms with Crippen LogP contribution in [-0.4, -0.2) is 37.0 Å². The van der Waals surface area contributed by atoms with Gasteiger partial charge in [-0.2, -0.15) is 32.2 Å². The molecule has 0 fully saturated rings. The van der Waals surface area contributed by atoms with E-state index in [-0.39, 0.29) is 37.9 Å². The number of phenols is 1. The molecule has 0 unspecified atom stereocenters. The normalized spacial score (nSPS) is 12.2. The second-order valence-electron chi connectivity index (χ2n) is 9.18. The number of aromatic hydroxyl groups is 1. The maximum Gasteiger partial charge on any atom is 0.295 e. The molecule has 4 N–H and O–H groups in total. The Morgan fingerprint density at radius 2 is 1.14 bits per heavy atom. The van der Waals surface area contributed by atoms with Gasteiger partial charge in [0, 0.05) is 22.0 Å². The van der Waals surface area contributed by atoms with Crippen molar-refractivity contribution < 1.29 is 35.8 Å². The monoisotopic (exact) mass is 631 g/mol. The summed E-state index contributed by atoms with van der Waals surface area (Å²) in [4.78, 5) is 12.1. The van der Waals surface area contributed by atoms with Gasteiger partial charge in [0.25, 0.3) is 26.1 Å². The third kappa shape index (κ3) is 6.99. The lowest BCUT2D eigenvalue weighted by molar-refractivity contribution is 0.102. The number of phenolic OH excluding ortho intramolecular Hbond substituents is 1. The number of rotatable bonds is 8. The molecule has 0 heterocycles. The maximum atomic E-state index is 12.7. The summed E-state index contributed by atoms with van der Waals surface area (Å²) < 4.78 is 64.0. The number of fused-ring (bicyclic) bond motifs is 1. The third-order valence-corrected chi connectivity index (χ3v) is 7.97. The number of hydrogen-bond acceptors (Lipinski definition) is 10. The quantitative estimate of drug-likeness (QED) is 0.102. The van der Waals surface area contributed by atoms with Gasteiger partial charge in [0.15, 0.2) is 5.75 Å². The molecule has 0 saturated carbocycles. The molecule has 0 aliphatic heterocycles. The van der Waals surface area contributed by atoms with Gasteiger partial charge in [-0.15, -0.1) is 5.11 Å². The van der Waals surface area contributed by atoms with Crippen LogP contribution in [0.3, 0.4) is 0 Å². The van der Waals surface area contributed by atoms with E-state index in [0.29, 0.717) is 28.3 Å². The number of azo groups is 2. The minimum atomic E-state index is -4.49. The molecule has 0 saturated heterocycles. The molecule has 0 aliphatic rings. The molecule has 5 rings (SSSR count). The van der Waals surface area contributed by atoms with Crippen LogP contribution in [0.1, 0.15) is 10.4 Å². The molecule has 0 aliphatic carbocycles. The Bertz CT molecular complexity index is 2150. The summed E-state index contributed by atoms with van der Waals surface area (Å²) in [5, 5.41) is 29.8. The van der Waals surface area contributed by atoms with Gasteiger partial charge < -0.3 is 10.4 Å². The molecule has 5 aromatic carbocycles. The fourth-order valence-electron chi connectivity index (χ4n) is 4.01. The van der Waals surface area contributed by atoms with Crippen LogP contribution in [0.2, 0.25) is 0 Å². The zero-order valence-electron chi connectivity index (χ0n) is 22.3. The van der Waals surface area contributed by atoms with Crippen LogP contribution in [0.5, 0.6) is 5.75 Å². The molecule has 1 amide bonds. The molecule has 0 bridgehead atoms. The van der Waals surface area contributed by atoms with Crippen molar-refractivity contribution in [2.45, 2.75) is 9.79 Å². The largest absolute Gasteiger partial charge is 0.505 e. The van der Waals surface area contributed by atoms with Gasteiger partial charge in [-0.3, -0.25) is 13.9 Å². The SMILES string of the molecule is O=C(Nc1ccc(N=Nc2ccc(S(=O)(=O)O)cc2)cc1)c1ccc(N=Nc2ccc3c(S(=O)(=O)O)cccc3c2O)cc1.